The molecule has 0 atom stereocenters. The Morgan fingerprint density at radius 3 is 2.26 bits per heavy atom. The minimum Gasteiger partial charge on any atom is -0.309 e. The van der Waals surface area contributed by atoms with Crippen LogP contribution in [0, 0.1) is 6.92 Å². The summed E-state index contributed by atoms with van der Waals surface area (Å²) in [5.41, 5.74) is 6.07. The Kier molecular flexibility index (Phi) is 3.55. The number of hydrogen-bond donors (Lipinski definition) is 0. The van der Waals surface area contributed by atoms with Gasteiger partial charge in [0, 0.05) is 21.1 Å². The highest BCUT2D eigenvalue weighted by molar-refractivity contribution is 9.10. The standard InChI is InChI=1S/C21H16BrN/c1-15-10-12-17(13-11-15)23-20-9-5-2-6-16(20)14-21(23)18-7-3-4-8-19(18)22/h2-14H,1H3. The maximum atomic E-state index is 3.70. The van der Waals surface area contributed by atoms with Crippen LogP contribution in [0.15, 0.2) is 83.3 Å². The van der Waals surface area contributed by atoms with Gasteiger partial charge in [-0.15, -0.1) is 0 Å². The van der Waals surface area contributed by atoms with Gasteiger partial charge in [0.05, 0.1) is 11.2 Å². The number of halogens is 1. The van der Waals surface area contributed by atoms with Crippen LogP contribution >= 0.6 is 15.9 Å². The van der Waals surface area contributed by atoms with Crippen molar-refractivity contribution >= 4 is 26.8 Å². The topological polar surface area (TPSA) is 4.93 Å². The molecule has 0 bridgehead atoms. The zero-order valence-electron chi connectivity index (χ0n) is 12.8. The summed E-state index contributed by atoms with van der Waals surface area (Å²) in [6.07, 6.45) is 0. The lowest BCUT2D eigenvalue weighted by molar-refractivity contribution is 1.13. The Hall–Kier alpha value is -2.32. The summed E-state index contributed by atoms with van der Waals surface area (Å²) in [4.78, 5) is 0. The van der Waals surface area contributed by atoms with Gasteiger partial charge in [0.1, 0.15) is 0 Å². The van der Waals surface area contributed by atoms with Crippen molar-refractivity contribution in [2.24, 2.45) is 0 Å². The normalized spacial score (nSPS) is 11.0. The third-order valence-electron chi connectivity index (χ3n) is 4.15. The van der Waals surface area contributed by atoms with Crippen LogP contribution in [0.25, 0.3) is 27.8 Å². The first kappa shape index (κ1) is 14.3. The Balaban J connectivity index is 2.06. The van der Waals surface area contributed by atoms with Gasteiger partial charge in [-0.1, -0.05) is 70.0 Å². The average molecular weight is 362 g/mol. The van der Waals surface area contributed by atoms with Gasteiger partial charge in [-0.25, -0.2) is 0 Å². The van der Waals surface area contributed by atoms with E-state index >= 15 is 0 Å². The molecule has 0 aliphatic heterocycles. The fourth-order valence-corrected chi connectivity index (χ4v) is 3.48. The van der Waals surface area contributed by atoms with E-state index < -0.39 is 0 Å². The molecule has 1 aromatic heterocycles. The number of aryl methyl sites for hydroxylation is 1. The monoisotopic (exact) mass is 361 g/mol. The van der Waals surface area contributed by atoms with Crippen LogP contribution in [-0.4, -0.2) is 4.57 Å². The van der Waals surface area contributed by atoms with Crippen LogP contribution in [0.3, 0.4) is 0 Å². The molecule has 112 valence electrons. The van der Waals surface area contributed by atoms with E-state index in [9.17, 15) is 0 Å². The number of nitrogens with zero attached hydrogens (tertiary/aromatic N) is 1. The molecular formula is C21H16BrN. The first-order valence-electron chi connectivity index (χ1n) is 7.66. The van der Waals surface area contributed by atoms with E-state index in [1.165, 1.54) is 33.4 Å². The molecule has 0 saturated heterocycles. The summed E-state index contributed by atoms with van der Waals surface area (Å²) in [5, 5.41) is 1.25. The summed E-state index contributed by atoms with van der Waals surface area (Å²) >= 11 is 3.70. The molecule has 0 amide bonds. The maximum Gasteiger partial charge on any atom is 0.0552 e. The highest BCUT2D eigenvalue weighted by Crippen LogP contribution is 2.35. The molecule has 1 nitrogen and oxygen atoms in total. The first-order chi connectivity index (χ1) is 11.2. The molecule has 3 aromatic carbocycles. The molecule has 0 spiro atoms. The van der Waals surface area contributed by atoms with Crippen molar-refractivity contribution in [3.05, 3.63) is 88.9 Å². The number of aromatic nitrogens is 1. The molecule has 23 heavy (non-hydrogen) atoms. The third kappa shape index (κ3) is 2.49. The number of para-hydroxylation sites is 1. The van der Waals surface area contributed by atoms with Gasteiger partial charge in [0.25, 0.3) is 0 Å². The quantitative estimate of drug-likeness (QED) is 0.391. The zero-order valence-corrected chi connectivity index (χ0v) is 14.4. The summed E-state index contributed by atoms with van der Waals surface area (Å²) < 4.78 is 3.44. The Morgan fingerprint density at radius 2 is 1.48 bits per heavy atom. The minimum absolute atomic E-state index is 1.11. The van der Waals surface area contributed by atoms with Gasteiger partial charge >= 0.3 is 0 Å². The summed E-state index contributed by atoms with van der Waals surface area (Å²) in [5.74, 6) is 0. The predicted octanol–water partition coefficient (Wildman–Crippen LogP) is 6.37. The zero-order chi connectivity index (χ0) is 15.8. The lowest BCUT2D eigenvalue weighted by Gasteiger charge is -2.12. The van der Waals surface area contributed by atoms with Crippen LogP contribution in [-0.2, 0) is 0 Å². The predicted molar refractivity (Wildman–Crippen MR) is 101 cm³/mol. The van der Waals surface area contributed by atoms with E-state index in [1.807, 2.05) is 6.07 Å². The molecule has 2 heteroatoms. The van der Waals surface area contributed by atoms with Crippen molar-refractivity contribution in [3.8, 4) is 16.9 Å². The molecule has 4 aromatic rings. The van der Waals surface area contributed by atoms with Crippen LogP contribution in [0.1, 0.15) is 5.56 Å². The van der Waals surface area contributed by atoms with Gasteiger partial charge in [-0.2, -0.15) is 0 Å². The second-order valence-corrected chi connectivity index (χ2v) is 6.59. The molecule has 1 heterocycles. The highest BCUT2D eigenvalue weighted by Gasteiger charge is 2.13. The SMILES string of the molecule is Cc1ccc(-n2c(-c3ccccc3Br)cc3ccccc32)cc1. The molecule has 0 aliphatic rings. The van der Waals surface area contributed by atoms with Crippen LogP contribution in [0.5, 0.6) is 0 Å². The van der Waals surface area contributed by atoms with Gasteiger partial charge in [-0.3, -0.25) is 0 Å². The fraction of sp³-hybridized carbons (Fsp3) is 0.0476. The van der Waals surface area contributed by atoms with Crippen LogP contribution in [0.4, 0.5) is 0 Å². The van der Waals surface area contributed by atoms with E-state index in [0.717, 1.165) is 4.47 Å². The molecule has 0 saturated carbocycles. The van der Waals surface area contributed by atoms with Gasteiger partial charge in [-0.05, 0) is 37.3 Å². The number of hydrogen-bond acceptors (Lipinski definition) is 0. The van der Waals surface area contributed by atoms with E-state index in [1.54, 1.807) is 0 Å². The molecule has 0 fully saturated rings. The van der Waals surface area contributed by atoms with Crippen molar-refractivity contribution < 1.29 is 0 Å². The van der Waals surface area contributed by atoms with Gasteiger partial charge < -0.3 is 4.57 Å². The fourth-order valence-electron chi connectivity index (χ4n) is 2.99. The number of benzene rings is 3. The van der Waals surface area contributed by atoms with Crippen LogP contribution in [0.2, 0.25) is 0 Å². The van der Waals surface area contributed by atoms with Gasteiger partial charge in [0.2, 0.25) is 0 Å². The van der Waals surface area contributed by atoms with E-state index in [2.05, 4.69) is 100 Å². The summed E-state index contributed by atoms with van der Waals surface area (Å²) in [7, 11) is 0. The molecule has 0 unspecified atom stereocenters. The van der Waals surface area contributed by atoms with Crippen molar-refractivity contribution in [1.29, 1.82) is 0 Å². The molecule has 4 rings (SSSR count). The average Bonchev–Trinajstić information content (AvgIpc) is 2.95. The largest absolute Gasteiger partial charge is 0.309 e. The summed E-state index contributed by atoms with van der Waals surface area (Å²) in [6, 6.07) is 27.8. The lowest BCUT2D eigenvalue weighted by Crippen LogP contribution is -1.97. The van der Waals surface area contributed by atoms with E-state index in [-0.39, 0.29) is 0 Å². The number of fused-ring (bicyclic) bond motifs is 1. The van der Waals surface area contributed by atoms with Crippen molar-refractivity contribution in [3.63, 3.8) is 0 Å². The van der Waals surface area contributed by atoms with Crippen molar-refractivity contribution in [2.45, 2.75) is 6.92 Å². The Bertz CT molecular complexity index is 980. The third-order valence-corrected chi connectivity index (χ3v) is 4.84. The van der Waals surface area contributed by atoms with Crippen molar-refractivity contribution in [2.75, 3.05) is 0 Å². The van der Waals surface area contributed by atoms with Gasteiger partial charge in [0.15, 0.2) is 0 Å². The van der Waals surface area contributed by atoms with E-state index in [4.69, 9.17) is 0 Å². The maximum absolute atomic E-state index is 3.70. The Labute approximate surface area is 144 Å². The molecule has 0 aliphatic carbocycles. The Morgan fingerprint density at radius 1 is 0.783 bits per heavy atom. The molecule has 0 radical (unpaired) electrons. The smallest absolute Gasteiger partial charge is 0.0552 e. The molecule has 0 N–H and O–H groups in total. The highest BCUT2D eigenvalue weighted by atomic mass is 79.9. The van der Waals surface area contributed by atoms with Crippen LogP contribution < -0.4 is 0 Å². The molecular weight excluding hydrogens is 346 g/mol. The second kappa shape index (κ2) is 5.71. The number of rotatable bonds is 2. The minimum atomic E-state index is 1.11. The first-order valence-corrected chi connectivity index (χ1v) is 8.46. The van der Waals surface area contributed by atoms with E-state index in [0.29, 0.717) is 0 Å². The van der Waals surface area contributed by atoms with Crippen molar-refractivity contribution in [1.82, 2.24) is 4.57 Å². The summed E-state index contributed by atoms with van der Waals surface area (Å²) in [6.45, 7) is 2.12. The lowest BCUT2D eigenvalue weighted by atomic mass is 10.1. The second-order valence-electron chi connectivity index (χ2n) is 5.74.